The van der Waals surface area contributed by atoms with Gasteiger partial charge >= 0.3 is 0 Å². The van der Waals surface area contributed by atoms with Gasteiger partial charge in [0.1, 0.15) is 5.00 Å². The van der Waals surface area contributed by atoms with Crippen LogP contribution >= 0.6 is 34.5 Å². The Kier molecular flexibility index (Phi) is 7.55. The number of nitrogens with one attached hydrogen (secondary N) is 1. The summed E-state index contributed by atoms with van der Waals surface area (Å²) in [6.45, 7) is 1.15. The van der Waals surface area contributed by atoms with Crippen LogP contribution in [0.4, 0.5) is 5.00 Å². The summed E-state index contributed by atoms with van der Waals surface area (Å²) in [4.78, 5) is 19.7. The van der Waals surface area contributed by atoms with Crippen LogP contribution in [0.3, 0.4) is 0 Å². The summed E-state index contributed by atoms with van der Waals surface area (Å²) in [6, 6.07) is 24.0. The number of fused-ring (bicyclic) bond motifs is 2. The fourth-order valence-corrected chi connectivity index (χ4v) is 6.77. The molecule has 3 aromatic carbocycles. The Labute approximate surface area is 241 Å². The lowest BCUT2D eigenvalue weighted by molar-refractivity contribution is 0.0951. The molecule has 0 spiro atoms. The van der Waals surface area contributed by atoms with Gasteiger partial charge < -0.3 is 9.88 Å². The minimum absolute atomic E-state index is 0.0487. The maximum absolute atomic E-state index is 13.5. The first-order chi connectivity index (χ1) is 19.1. The van der Waals surface area contributed by atoms with Gasteiger partial charge in [-0.15, -0.1) is 11.3 Å². The maximum Gasteiger partial charge on any atom is 0.254 e. The second kappa shape index (κ2) is 11.4. The van der Waals surface area contributed by atoms with Crippen LogP contribution in [0.25, 0.3) is 10.9 Å². The molecule has 5 aromatic rings. The highest BCUT2D eigenvalue weighted by atomic mass is 35.5. The largest absolute Gasteiger partial charge is 0.348 e. The van der Waals surface area contributed by atoms with E-state index in [2.05, 4.69) is 28.2 Å². The van der Waals surface area contributed by atoms with Crippen LogP contribution in [0.5, 0.6) is 0 Å². The monoisotopic (exact) mass is 571 g/mol. The molecule has 4 nitrogen and oxygen atoms in total. The lowest BCUT2D eigenvalue weighted by Crippen LogP contribution is -2.24. The van der Waals surface area contributed by atoms with E-state index in [0.29, 0.717) is 23.1 Å². The zero-order valence-electron chi connectivity index (χ0n) is 21.3. The van der Waals surface area contributed by atoms with E-state index in [1.165, 1.54) is 10.4 Å². The molecule has 0 bridgehead atoms. The van der Waals surface area contributed by atoms with Gasteiger partial charge in [0.25, 0.3) is 5.91 Å². The Morgan fingerprint density at radius 2 is 1.74 bits per heavy atom. The number of hydrogen-bond acceptors (Lipinski definition) is 3. The SMILES string of the molecule is O=C(NCc1ccccc1)c1c(/N=C/c2cn(Cc3ccc(Cl)c(Cl)c3)c3ccccc23)sc2c1CCCC2. The molecule has 2 heterocycles. The summed E-state index contributed by atoms with van der Waals surface area (Å²) in [7, 11) is 0. The first-order valence-corrected chi connectivity index (χ1v) is 14.7. The third kappa shape index (κ3) is 5.53. The van der Waals surface area contributed by atoms with E-state index in [-0.39, 0.29) is 5.91 Å². The molecule has 7 heteroatoms. The topological polar surface area (TPSA) is 46.4 Å². The summed E-state index contributed by atoms with van der Waals surface area (Å²) in [6.07, 6.45) is 8.21. The van der Waals surface area contributed by atoms with Gasteiger partial charge in [0.15, 0.2) is 0 Å². The van der Waals surface area contributed by atoms with E-state index in [9.17, 15) is 4.79 Å². The van der Waals surface area contributed by atoms with Gasteiger partial charge in [0, 0.05) is 46.8 Å². The van der Waals surface area contributed by atoms with Crippen molar-refractivity contribution in [3.05, 3.63) is 122 Å². The number of hydrogen-bond donors (Lipinski definition) is 1. The third-order valence-corrected chi connectivity index (χ3v) is 9.09. The number of halogens is 2. The lowest BCUT2D eigenvalue weighted by Gasteiger charge is -2.12. The van der Waals surface area contributed by atoms with Crippen LogP contribution in [0, 0.1) is 0 Å². The van der Waals surface area contributed by atoms with E-state index in [4.69, 9.17) is 28.2 Å². The zero-order valence-corrected chi connectivity index (χ0v) is 23.6. The van der Waals surface area contributed by atoms with Crippen molar-refractivity contribution in [2.75, 3.05) is 0 Å². The van der Waals surface area contributed by atoms with Crippen molar-refractivity contribution in [1.29, 1.82) is 0 Å². The Balaban J connectivity index is 1.32. The molecule has 1 amide bonds. The summed E-state index contributed by atoms with van der Waals surface area (Å²) < 4.78 is 2.20. The van der Waals surface area contributed by atoms with E-state index in [1.807, 2.05) is 66.9 Å². The number of amides is 1. The molecule has 1 aliphatic carbocycles. The minimum Gasteiger partial charge on any atom is -0.348 e. The fraction of sp³-hybridized carbons (Fsp3) is 0.188. The quantitative estimate of drug-likeness (QED) is 0.195. The average Bonchev–Trinajstić information content (AvgIpc) is 3.51. The second-order valence-corrected chi connectivity index (χ2v) is 11.7. The Hall–Kier alpha value is -3.38. The highest BCUT2D eigenvalue weighted by Crippen LogP contribution is 2.40. The van der Waals surface area contributed by atoms with Crippen molar-refractivity contribution < 1.29 is 4.79 Å². The number of nitrogens with zero attached hydrogens (tertiary/aromatic N) is 2. The van der Waals surface area contributed by atoms with Crippen molar-refractivity contribution >= 4 is 62.6 Å². The zero-order chi connectivity index (χ0) is 26.8. The van der Waals surface area contributed by atoms with Crippen molar-refractivity contribution in [2.24, 2.45) is 4.99 Å². The highest BCUT2D eigenvalue weighted by molar-refractivity contribution is 7.16. The Morgan fingerprint density at radius 1 is 0.949 bits per heavy atom. The molecule has 0 radical (unpaired) electrons. The van der Waals surface area contributed by atoms with Crippen molar-refractivity contribution in [1.82, 2.24) is 9.88 Å². The molecular weight excluding hydrogens is 545 g/mol. The van der Waals surface area contributed by atoms with Crippen LogP contribution in [0.1, 0.15) is 50.3 Å². The molecule has 2 aromatic heterocycles. The average molecular weight is 573 g/mol. The molecule has 0 saturated heterocycles. The summed E-state index contributed by atoms with van der Waals surface area (Å²) in [5.41, 5.74) is 6.17. The Morgan fingerprint density at radius 3 is 2.59 bits per heavy atom. The van der Waals surface area contributed by atoms with Crippen molar-refractivity contribution in [2.45, 2.75) is 38.8 Å². The molecule has 196 valence electrons. The fourth-order valence-electron chi connectivity index (χ4n) is 5.21. The highest BCUT2D eigenvalue weighted by Gasteiger charge is 2.25. The molecule has 6 rings (SSSR count). The molecule has 39 heavy (non-hydrogen) atoms. The van der Waals surface area contributed by atoms with Gasteiger partial charge in [-0.25, -0.2) is 4.99 Å². The molecule has 1 aliphatic rings. The van der Waals surface area contributed by atoms with Gasteiger partial charge in [-0.3, -0.25) is 4.79 Å². The summed E-state index contributed by atoms with van der Waals surface area (Å²) in [5.74, 6) is -0.0487. The van der Waals surface area contributed by atoms with E-state index in [0.717, 1.165) is 63.8 Å². The number of thiophene rings is 1. The van der Waals surface area contributed by atoms with Gasteiger partial charge in [-0.1, -0.05) is 77.8 Å². The molecule has 0 unspecified atom stereocenters. The van der Waals surface area contributed by atoms with Gasteiger partial charge in [0.2, 0.25) is 0 Å². The number of carbonyl (C=O) groups is 1. The van der Waals surface area contributed by atoms with E-state index in [1.54, 1.807) is 11.3 Å². The van der Waals surface area contributed by atoms with Crippen LogP contribution in [-0.2, 0) is 25.9 Å². The van der Waals surface area contributed by atoms with E-state index >= 15 is 0 Å². The summed E-state index contributed by atoms with van der Waals surface area (Å²) >= 11 is 14.0. The first-order valence-electron chi connectivity index (χ1n) is 13.1. The predicted octanol–water partition coefficient (Wildman–Crippen LogP) is 8.62. The minimum atomic E-state index is -0.0487. The molecule has 1 N–H and O–H groups in total. The number of para-hydroxylation sites is 1. The maximum atomic E-state index is 13.5. The number of benzene rings is 3. The molecule has 0 saturated carbocycles. The number of rotatable bonds is 7. The molecule has 0 aliphatic heterocycles. The summed E-state index contributed by atoms with van der Waals surface area (Å²) in [5, 5.41) is 6.12. The van der Waals surface area contributed by atoms with Crippen LogP contribution < -0.4 is 5.32 Å². The normalized spacial score (nSPS) is 13.2. The second-order valence-electron chi connectivity index (χ2n) is 9.80. The first kappa shape index (κ1) is 25.9. The molecule has 0 fully saturated rings. The Bertz CT molecular complexity index is 1690. The lowest BCUT2D eigenvalue weighted by atomic mass is 9.95. The third-order valence-electron chi connectivity index (χ3n) is 7.15. The van der Waals surface area contributed by atoms with E-state index < -0.39 is 0 Å². The van der Waals surface area contributed by atoms with Crippen molar-refractivity contribution in [3.8, 4) is 0 Å². The molecular formula is C32H27Cl2N3OS. The van der Waals surface area contributed by atoms with Gasteiger partial charge in [-0.05, 0) is 60.6 Å². The molecule has 0 atom stereocenters. The van der Waals surface area contributed by atoms with Crippen LogP contribution in [-0.4, -0.2) is 16.7 Å². The van der Waals surface area contributed by atoms with Gasteiger partial charge in [0.05, 0.1) is 15.6 Å². The standard InChI is InChI=1S/C32H27Cl2N3OS/c33-26-15-14-22(16-27(26)34)19-37-20-23(24-10-4-6-12-28(24)37)18-36-32-30(25-11-5-7-13-29(25)39-32)31(38)35-17-21-8-2-1-3-9-21/h1-4,6,8-10,12,14-16,18,20H,5,7,11,13,17,19H2,(H,35,38)/b36-18+. The smallest absolute Gasteiger partial charge is 0.254 e. The number of aromatic nitrogens is 1. The predicted molar refractivity (Wildman–Crippen MR) is 163 cm³/mol. The van der Waals surface area contributed by atoms with Gasteiger partial charge in [-0.2, -0.15) is 0 Å². The van der Waals surface area contributed by atoms with Crippen LogP contribution in [0.15, 0.2) is 84.0 Å². The number of aliphatic imine (C=N–C) groups is 1. The van der Waals surface area contributed by atoms with Crippen molar-refractivity contribution in [3.63, 3.8) is 0 Å². The number of carbonyl (C=O) groups excluding carboxylic acids is 1. The number of aryl methyl sites for hydroxylation is 1. The van der Waals surface area contributed by atoms with Crippen LogP contribution in [0.2, 0.25) is 10.0 Å².